The number of hydrogen-bond donors (Lipinski definition) is 1. The predicted octanol–water partition coefficient (Wildman–Crippen LogP) is 3.55. The molecule has 0 saturated carbocycles. The summed E-state index contributed by atoms with van der Waals surface area (Å²) < 4.78 is 40.3. The minimum atomic E-state index is -3.02. The summed E-state index contributed by atoms with van der Waals surface area (Å²) in [5, 5.41) is 3.45. The Hall–Kier alpha value is -2.68. The van der Waals surface area contributed by atoms with Gasteiger partial charge in [-0.1, -0.05) is 12.1 Å². The molecule has 0 aliphatic carbocycles. The van der Waals surface area contributed by atoms with Crippen LogP contribution in [0.4, 0.5) is 8.78 Å². The van der Waals surface area contributed by atoms with Crippen LogP contribution in [-0.2, 0) is 9.53 Å². The van der Waals surface area contributed by atoms with Gasteiger partial charge in [-0.3, -0.25) is 0 Å². The Labute approximate surface area is 167 Å². The van der Waals surface area contributed by atoms with Gasteiger partial charge in [0.2, 0.25) is 0 Å². The van der Waals surface area contributed by atoms with E-state index in [1.54, 1.807) is 30.9 Å². The second-order valence-electron chi connectivity index (χ2n) is 5.79. The molecule has 1 aromatic rings. The fourth-order valence-electron chi connectivity index (χ4n) is 2.91. The zero-order chi connectivity index (χ0) is 20.8. The third kappa shape index (κ3) is 4.59. The van der Waals surface area contributed by atoms with Gasteiger partial charge in [0.15, 0.2) is 16.6 Å². The monoisotopic (exact) mass is 412 g/mol. The van der Waals surface area contributed by atoms with E-state index in [1.807, 2.05) is 0 Å². The van der Waals surface area contributed by atoms with Crippen molar-refractivity contribution < 1.29 is 27.8 Å². The Kier molecular flexibility index (Phi) is 7.33. The number of benzene rings is 1. The van der Waals surface area contributed by atoms with Crippen LogP contribution in [0.1, 0.15) is 25.5 Å². The summed E-state index contributed by atoms with van der Waals surface area (Å²) in [7, 11) is 1.35. The van der Waals surface area contributed by atoms with Gasteiger partial charge in [0, 0.05) is 12.2 Å². The van der Waals surface area contributed by atoms with Crippen LogP contribution in [0.2, 0.25) is 0 Å². The van der Waals surface area contributed by atoms with Gasteiger partial charge in [0.05, 0.1) is 25.3 Å². The van der Waals surface area contributed by atoms with E-state index < -0.39 is 18.6 Å². The second-order valence-corrected chi connectivity index (χ2v) is 6.18. The SMILES string of the molecule is C=CCN1C(=S)N[C@H](c2ccc(OC)c(OC(F)F)c2)C(C(=O)OCC)=C1C. The van der Waals surface area contributed by atoms with Gasteiger partial charge in [0.1, 0.15) is 0 Å². The third-order valence-corrected chi connectivity index (χ3v) is 4.48. The molecule has 1 aliphatic rings. The van der Waals surface area contributed by atoms with Gasteiger partial charge < -0.3 is 24.4 Å². The maximum absolute atomic E-state index is 12.8. The number of rotatable bonds is 8. The fraction of sp³-hybridized carbons (Fsp3) is 0.368. The first-order chi connectivity index (χ1) is 13.3. The van der Waals surface area contributed by atoms with Crippen molar-refractivity contribution in [3.63, 3.8) is 0 Å². The highest BCUT2D eigenvalue weighted by atomic mass is 32.1. The van der Waals surface area contributed by atoms with E-state index in [0.29, 0.717) is 28.5 Å². The highest BCUT2D eigenvalue weighted by Gasteiger charge is 2.34. The number of hydrogen-bond acceptors (Lipinski definition) is 5. The molecule has 1 atom stereocenters. The van der Waals surface area contributed by atoms with Crippen molar-refractivity contribution in [2.24, 2.45) is 0 Å². The quantitative estimate of drug-likeness (QED) is 0.398. The van der Waals surface area contributed by atoms with Crippen LogP contribution in [0.5, 0.6) is 11.5 Å². The smallest absolute Gasteiger partial charge is 0.387 e. The minimum absolute atomic E-state index is 0.142. The number of esters is 1. The summed E-state index contributed by atoms with van der Waals surface area (Å²) in [4.78, 5) is 14.4. The van der Waals surface area contributed by atoms with Crippen LogP contribution >= 0.6 is 12.2 Å². The molecule has 0 spiro atoms. The summed E-state index contributed by atoms with van der Waals surface area (Å²) in [6.45, 7) is 4.71. The van der Waals surface area contributed by atoms with Gasteiger partial charge in [0.25, 0.3) is 0 Å². The second kappa shape index (κ2) is 9.50. The number of carbonyl (C=O) groups excluding carboxylic acids is 1. The number of methoxy groups -OCH3 is 1. The lowest BCUT2D eigenvalue weighted by Gasteiger charge is -2.37. The molecule has 1 aliphatic heterocycles. The van der Waals surface area contributed by atoms with Crippen molar-refractivity contribution in [2.75, 3.05) is 20.3 Å². The topological polar surface area (TPSA) is 60.0 Å². The summed E-state index contributed by atoms with van der Waals surface area (Å²) >= 11 is 5.41. The fourth-order valence-corrected chi connectivity index (χ4v) is 3.24. The van der Waals surface area contributed by atoms with E-state index in [1.165, 1.54) is 19.2 Å². The van der Waals surface area contributed by atoms with Crippen molar-refractivity contribution >= 4 is 23.3 Å². The Morgan fingerprint density at radius 2 is 2.14 bits per heavy atom. The largest absolute Gasteiger partial charge is 0.493 e. The average Bonchev–Trinajstić information content (AvgIpc) is 2.64. The number of alkyl halides is 2. The molecule has 1 N–H and O–H groups in total. The molecule has 9 heteroatoms. The van der Waals surface area contributed by atoms with Gasteiger partial charge in [-0.2, -0.15) is 8.78 Å². The lowest BCUT2D eigenvalue weighted by atomic mass is 9.94. The van der Waals surface area contributed by atoms with Crippen LogP contribution in [-0.4, -0.2) is 42.9 Å². The summed E-state index contributed by atoms with van der Waals surface area (Å²) in [6.07, 6.45) is 1.66. The third-order valence-electron chi connectivity index (χ3n) is 4.14. The molecule has 6 nitrogen and oxygen atoms in total. The maximum Gasteiger partial charge on any atom is 0.387 e. The molecule has 0 amide bonds. The first-order valence-electron chi connectivity index (χ1n) is 8.53. The normalized spacial score (nSPS) is 16.7. The Morgan fingerprint density at radius 3 is 2.71 bits per heavy atom. The summed E-state index contributed by atoms with van der Waals surface area (Å²) in [6, 6.07) is 3.83. The van der Waals surface area contributed by atoms with E-state index in [0.717, 1.165) is 0 Å². The minimum Gasteiger partial charge on any atom is -0.493 e. The van der Waals surface area contributed by atoms with Crippen LogP contribution in [0, 0.1) is 0 Å². The average molecular weight is 412 g/mol. The highest BCUT2D eigenvalue weighted by molar-refractivity contribution is 7.80. The molecule has 2 rings (SSSR count). The van der Waals surface area contributed by atoms with E-state index >= 15 is 0 Å². The van der Waals surface area contributed by atoms with Crippen LogP contribution in [0.3, 0.4) is 0 Å². The standard InChI is InChI=1S/C19H22F2N2O4S/c1-5-9-23-11(3)15(17(24)26-6-2)16(22-19(23)28)12-7-8-13(25-4)14(10-12)27-18(20)21/h5,7-8,10,16,18H,1,6,9H2,2-4H3,(H,22,28)/t16-/m1/s1. The molecular weight excluding hydrogens is 390 g/mol. The first kappa shape index (κ1) is 21.6. The Morgan fingerprint density at radius 1 is 1.43 bits per heavy atom. The van der Waals surface area contributed by atoms with Crippen molar-refractivity contribution in [3.05, 3.63) is 47.7 Å². The van der Waals surface area contributed by atoms with E-state index in [9.17, 15) is 13.6 Å². The molecule has 0 radical (unpaired) electrons. The van der Waals surface area contributed by atoms with Crippen molar-refractivity contribution in [3.8, 4) is 11.5 Å². The maximum atomic E-state index is 12.8. The number of halogens is 2. The molecule has 28 heavy (non-hydrogen) atoms. The summed E-state index contributed by atoms with van der Waals surface area (Å²) in [5.41, 5.74) is 1.42. The first-order valence-corrected chi connectivity index (χ1v) is 8.94. The van der Waals surface area contributed by atoms with Gasteiger partial charge in [-0.05, 0) is 43.8 Å². The van der Waals surface area contributed by atoms with Gasteiger partial charge >= 0.3 is 12.6 Å². The molecule has 0 fully saturated rings. The number of ether oxygens (including phenoxy) is 3. The van der Waals surface area contributed by atoms with Crippen molar-refractivity contribution in [1.82, 2.24) is 10.2 Å². The van der Waals surface area contributed by atoms with Crippen LogP contribution < -0.4 is 14.8 Å². The molecule has 0 aromatic heterocycles. The van der Waals surface area contributed by atoms with Crippen molar-refractivity contribution in [1.29, 1.82) is 0 Å². The number of nitrogens with one attached hydrogen (secondary N) is 1. The van der Waals surface area contributed by atoms with Gasteiger partial charge in [-0.15, -0.1) is 6.58 Å². The van der Waals surface area contributed by atoms with Crippen LogP contribution in [0.15, 0.2) is 42.1 Å². The lowest BCUT2D eigenvalue weighted by Crippen LogP contribution is -2.47. The van der Waals surface area contributed by atoms with Crippen LogP contribution in [0.25, 0.3) is 0 Å². The lowest BCUT2D eigenvalue weighted by molar-refractivity contribution is -0.139. The molecule has 152 valence electrons. The van der Waals surface area contributed by atoms with Crippen molar-refractivity contribution in [2.45, 2.75) is 26.5 Å². The molecule has 0 unspecified atom stereocenters. The summed E-state index contributed by atoms with van der Waals surface area (Å²) in [5.74, 6) is -0.521. The number of thiocarbonyl (C=S) groups is 1. The Bertz CT molecular complexity index is 798. The zero-order valence-corrected chi connectivity index (χ0v) is 16.6. The zero-order valence-electron chi connectivity index (χ0n) is 15.8. The number of carbonyl (C=O) groups is 1. The van der Waals surface area contributed by atoms with Gasteiger partial charge in [-0.25, -0.2) is 4.79 Å². The Balaban J connectivity index is 2.56. The number of allylic oxidation sites excluding steroid dienone is 1. The van der Waals surface area contributed by atoms with E-state index in [2.05, 4.69) is 16.6 Å². The van der Waals surface area contributed by atoms with E-state index in [-0.39, 0.29) is 18.1 Å². The molecule has 0 bridgehead atoms. The molecule has 1 heterocycles. The predicted molar refractivity (Wildman–Crippen MR) is 104 cm³/mol. The molecule has 0 saturated heterocycles. The molecular formula is C19H22F2N2O4S. The number of nitrogens with zero attached hydrogens (tertiary/aromatic N) is 1. The molecule has 1 aromatic carbocycles. The van der Waals surface area contributed by atoms with E-state index in [4.69, 9.17) is 21.7 Å². The highest BCUT2D eigenvalue weighted by Crippen LogP contribution is 2.36.